The summed E-state index contributed by atoms with van der Waals surface area (Å²) in [5, 5.41) is 2.75. The van der Waals surface area contributed by atoms with Crippen molar-refractivity contribution in [1.82, 2.24) is 15.1 Å². The van der Waals surface area contributed by atoms with E-state index in [0.29, 0.717) is 22.6 Å². The van der Waals surface area contributed by atoms with Crippen LogP contribution in [-0.2, 0) is 22.7 Å². The summed E-state index contributed by atoms with van der Waals surface area (Å²) in [6.07, 6.45) is 4.88. The molecule has 5 rings (SSSR count). The van der Waals surface area contributed by atoms with E-state index in [-0.39, 0.29) is 43.4 Å². The van der Waals surface area contributed by atoms with E-state index in [4.69, 9.17) is 8.83 Å². The summed E-state index contributed by atoms with van der Waals surface area (Å²) < 4.78 is 10.8. The molecule has 0 bridgehead atoms. The Morgan fingerprint density at radius 1 is 0.969 bits per heavy atom. The summed E-state index contributed by atoms with van der Waals surface area (Å²) in [5.74, 6) is 0.519. The van der Waals surface area contributed by atoms with Crippen molar-refractivity contribution in [3.63, 3.8) is 0 Å². The molecule has 3 heterocycles. The van der Waals surface area contributed by atoms with Crippen molar-refractivity contribution in [2.45, 2.75) is 38.0 Å². The smallest absolute Gasteiger partial charge is 0.255 e. The average Bonchev–Trinajstić information content (AvgIpc) is 3.16. The molecule has 0 spiro atoms. The van der Waals surface area contributed by atoms with Crippen molar-refractivity contribution in [2.75, 3.05) is 6.54 Å². The van der Waals surface area contributed by atoms with Crippen LogP contribution in [0.25, 0.3) is 0 Å². The van der Waals surface area contributed by atoms with Crippen LogP contribution in [0.4, 0.5) is 0 Å². The van der Waals surface area contributed by atoms with Gasteiger partial charge in [-0.25, -0.2) is 0 Å². The zero-order valence-corrected chi connectivity index (χ0v) is 17.4. The molecule has 1 aromatic carbocycles. The monoisotopic (exact) mass is 433 g/mol. The standard InChI is InChI=1S/C24H23N3O5/c28-21(26(14-17-5-3-11-31-17)15-18-6-4-12-32-18)13-25-23(29)22-19-7-1-2-8-20(19)24(30)27(22)16-9-10-16/h1-8,11-12,16,22H,9-10,13-15H2,(H,25,29). The molecule has 3 amide bonds. The third-order valence-electron chi connectivity index (χ3n) is 5.81. The predicted molar refractivity (Wildman–Crippen MR) is 113 cm³/mol. The minimum Gasteiger partial charge on any atom is -0.467 e. The van der Waals surface area contributed by atoms with Gasteiger partial charge in [-0.15, -0.1) is 0 Å². The fourth-order valence-electron chi connectivity index (χ4n) is 4.12. The Morgan fingerprint density at radius 2 is 1.62 bits per heavy atom. The Hall–Kier alpha value is -3.81. The predicted octanol–water partition coefficient (Wildman–Crippen LogP) is 2.88. The molecule has 32 heavy (non-hydrogen) atoms. The lowest BCUT2D eigenvalue weighted by Gasteiger charge is -2.25. The molecule has 1 aliphatic carbocycles. The highest BCUT2D eigenvalue weighted by Gasteiger charge is 2.47. The molecule has 1 saturated carbocycles. The molecule has 1 atom stereocenters. The summed E-state index contributed by atoms with van der Waals surface area (Å²) in [7, 11) is 0. The van der Waals surface area contributed by atoms with Gasteiger partial charge in [-0.3, -0.25) is 14.4 Å². The van der Waals surface area contributed by atoms with Gasteiger partial charge in [0.25, 0.3) is 5.91 Å². The van der Waals surface area contributed by atoms with Gasteiger partial charge in [-0.2, -0.15) is 0 Å². The molecule has 8 heteroatoms. The van der Waals surface area contributed by atoms with Crippen molar-refractivity contribution < 1.29 is 23.2 Å². The Bertz CT molecular complexity index is 1080. The van der Waals surface area contributed by atoms with E-state index in [1.54, 1.807) is 58.7 Å². The Labute approximate surface area is 184 Å². The summed E-state index contributed by atoms with van der Waals surface area (Å²) >= 11 is 0. The second-order valence-electron chi connectivity index (χ2n) is 8.06. The zero-order valence-electron chi connectivity index (χ0n) is 17.4. The van der Waals surface area contributed by atoms with E-state index in [9.17, 15) is 14.4 Å². The third kappa shape index (κ3) is 3.91. The van der Waals surface area contributed by atoms with Crippen LogP contribution in [0.2, 0.25) is 0 Å². The van der Waals surface area contributed by atoms with E-state index in [0.717, 1.165) is 12.8 Å². The SMILES string of the molecule is O=C(NCC(=O)N(Cc1ccco1)Cc1ccco1)C1c2ccccc2C(=O)N1C1CC1. The van der Waals surface area contributed by atoms with Gasteiger partial charge in [-0.1, -0.05) is 18.2 Å². The molecular formula is C24H23N3O5. The first-order valence-electron chi connectivity index (χ1n) is 10.6. The molecule has 0 radical (unpaired) electrons. The first kappa shape index (κ1) is 20.1. The van der Waals surface area contributed by atoms with Crippen LogP contribution in [0, 0.1) is 0 Å². The molecule has 1 fully saturated rings. The average molecular weight is 433 g/mol. The van der Waals surface area contributed by atoms with Gasteiger partial charge in [0.15, 0.2) is 0 Å². The van der Waals surface area contributed by atoms with Gasteiger partial charge in [0, 0.05) is 11.6 Å². The van der Waals surface area contributed by atoms with Crippen molar-refractivity contribution >= 4 is 17.7 Å². The van der Waals surface area contributed by atoms with E-state index in [2.05, 4.69) is 5.32 Å². The quantitative estimate of drug-likeness (QED) is 0.589. The van der Waals surface area contributed by atoms with E-state index >= 15 is 0 Å². The van der Waals surface area contributed by atoms with Crippen LogP contribution in [-0.4, -0.2) is 40.1 Å². The molecular weight excluding hydrogens is 410 g/mol. The van der Waals surface area contributed by atoms with Crippen LogP contribution in [0.3, 0.4) is 0 Å². The third-order valence-corrected chi connectivity index (χ3v) is 5.81. The van der Waals surface area contributed by atoms with Gasteiger partial charge in [-0.05, 0) is 48.7 Å². The van der Waals surface area contributed by atoms with Gasteiger partial charge in [0.1, 0.15) is 17.6 Å². The maximum Gasteiger partial charge on any atom is 0.255 e. The number of hydrogen-bond donors (Lipinski definition) is 1. The number of carbonyl (C=O) groups excluding carboxylic acids is 3. The van der Waals surface area contributed by atoms with Crippen molar-refractivity contribution in [1.29, 1.82) is 0 Å². The van der Waals surface area contributed by atoms with Gasteiger partial charge in [0.2, 0.25) is 11.8 Å². The van der Waals surface area contributed by atoms with Gasteiger partial charge < -0.3 is 24.0 Å². The Kier molecular flexibility index (Phi) is 5.26. The largest absolute Gasteiger partial charge is 0.467 e. The van der Waals surface area contributed by atoms with Crippen LogP contribution in [0.1, 0.15) is 46.3 Å². The number of rotatable bonds is 8. The lowest BCUT2D eigenvalue weighted by Crippen LogP contribution is -2.44. The number of nitrogens with one attached hydrogen (secondary N) is 1. The van der Waals surface area contributed by atoms with E-state index in [1.807, 2.05) is 12.1 Å². The first-order chi connectivity index (χ1) is 15.6. The normalized spacial score (nSPS) is 17.3. The molecule has 164 valence electrons. The number of benzene rings is 1. The Morgan fingerprint density at radius 3 is 2.22 bits per heavy atom. The summed E-state index contributed by atoms with van der Waals surface area (Å²) in [5.41, 5.74) is 1.25. The minimum absolute atomic E-state index is 0.0794. The number of hydrogen-bond acceptors (Lipinski definition) is 5. The summed E-state index contributed by atoms with van der Waals surface area (Å²) in [4.78, 5) is 42.2. The molecule has 1 unspecified atom stereocenters. The van der Waals surface area contributed by atoms with Gasteiger partial charge >= 0.3 is 0 Å². The maximum absolute atomic E-state index is 13.1. The first-order valence-corrected chi connectivity index (χ1v) is 10.6. The second-order valence-corrected chi connectivity index (χ2v) is 8.06. The maximum atomic E-state index is 13.1. The number of nitrogens with zero attached hydrogens (tertiary/aromatic N) is 2. The number of amides is 3. The molecule has 8 nitrogen and oxygen atoms in total. The molecule has 3 aromatic rings. The number of furan rings is 2. The summed E-state index contributed by atoms with van der Waals surface area (Å²) in [6.45, 7) is 0.314. The Balaban J connectivity index is 1.29. The van der Waals surface area contributed by atoms with Crippen LogP contribution in [0.15, 0.2) is 69.9 Å². The lowest BCUT2D eigenvalue weighted by molar-refractivity contribution is -0.135. The lowest BCUT2D eigenvalue weighted by atomic mass is 10.0. The fourth-order valence-corrected chi connectivity index (χ4v) is 4.12. The van der Waals surface area contributed by atoms with Crippen molar-refractivity contribution in [3.05, 3.63) is 83.7 Å². The molecule has 1 N–H and O–H groups in total. The molecule has 1 aliphatic heterocycles. The van der Waals surface area contributed by atoms with Crippen molar-refractivity contribution in [3.8, 4) is 0 Å². The molecule has 2 aromatic heterocycles. The van der Waals surface area contributed by atoms with E-state index < -0.39 is 6.04 Å². The highest BCUT2D eigenvalue weighted by molar-refractivity contribution is 6.05. The molecule has 0 saturated heterocycles. The second kappa shape index (κ2) is 8.37. The number of carbonyl (C=O) groups is 3. The zero-order chi connectivity index (χ0) is 22.1. The summed E-state index contributed by atoms with van der Waals surface area (Å²) in [6, 6.07) is 13.6. The van der Waals surface area contributed by atoms with Crippen LogP contribution in [0.5, 0.6) is 0 Å². The fraction of sp³-hybridized carbons (Fsp3) is 0.292. The van der Waals surface area contributed by atoms with Crippen molar-refractivity contribution in [2.24, 2.45) is 0 Å². The number of fused-ring (bicyclic) bond motifs is 1. The van der Waals surface area contributed by atoms with Gasteiger partial charge in [0.05, 0.1) is 32.2 Å². The highest BCUT2D eigenvalue weighted by Crippen LogP contribution is 2.41. The topological polar surface area (TPSA) is 96.0 Å². The van der Waals surface area contributed by atoms with E-state index in [1.165, 1.54) is 0 Å². The molecule has 2 aliphatic rings. The van der Waals surface area contributed by atoms with Crippen LogP contribution < -0.4 is 5.32 Å². The highest BCUT2D eigenvalue weighted by atomic mass is 16.3. The van der Waals surface area contributed by atoms with Crippen LogP contribution >= 0.6 is 0 Å². The minimum atomic E-state index is -0.706.